The minimum absolute atomic E-state index is 0.643. The van der Waals surface area contributed by atoms with E-state index in [0.29, 0.717) is 17.5 Å². The van der Waals surface area contributed by atoms with Crippen molar-refractivity contribution in [1.29, 1.82) is 0 Å². The van der Waals surface area contributed by atoms with Crippen LogP contribution in [0.25, 0.3) is 67.8 Å². The van der Waals surface area contributed by atoms with E-state index in [0.717, 1.165) is 50.3 Å². The van der Waals surface area contributed by atoms with Gasteiger partial charge in [-0.05, 0) is 35.4 Å². The van der Waals surface area contributed by atoms with Gasteiger partial charge in [-0.25, -0.2) is 15.0 Å². The number of hydrogen-bond acceptors (Lipinski definition) is 5. The van der Waals surface area contributed by atoms with Gasteiger partial charge in [0.1, 0.15) is 0 Å². The second kappa shape index (κ2) is 11.4. The van der Waals surface area contributed by atoms with Crippen LogP contribution in [0.5, 0.6) is 0 Å². The van der Waals surface area contributed by atoms with Crippen LogP contribution in [0.1, 0.15) is 0 Å². The zero-order valence-electron chi connectivity index (χ0n) is 22.7. The first kappa shape index (κ1) is 25.2. The molecule has 0 radical (unpaired) electrons. The number of benzene rings is 4. The molecule has 4 aromatic carbocycles. The Labute approximate surface area is 244 Å². The molecule has 0 N–H and O–H groups in total. The molecular weight excluding hydrogens is 514 g/mol. The summed E-state index contributed by atoms with van der Waals surface area (Å²) in [6.07, 6.45) is 3.67. The zero-order chi connectivity index (χ0) is 28.1. The van der Waals surface area contributed by atoms with Crippen molar-refractivity contribution in [2.75, 3.05) is 0 Å². The lowest BCUT2D eigenvalue weighted by molar-refractivity contribution is 1.07. The first-order valence-corrected chi connectivity index (χ1v) is 13.8. The summed E-state index contributed by atoms with van der Waals surface area (Å²) in [4.78, 5) is 23.5. The second-order valence-electron chi connectivity index (χ2n) is 9.84. The van der Waals surface area contributed by atoms with Crippen LogP contribution < -0.4 is 0 Å². The van der Waals surface area contributed by atoms with Crippen LogP contribution >= 0.6 is 0 Å². The molecule has 0 aliphatic heterocycles. The third kappa shape index (κ3) is 5.31. The average molecular weight is 540 g/mol. The molecule has 0 saturated carbocycles. The lowest BCUT2D eigenvalue weighted by atomic mass is 10.0. The smallest absolute Gasteiger partial charge is 0.164 e. The lowest BCUT2D eigenvalue weighted by Gasteiger charge is -2.09. The quantitative estimate of drug-likeness (QED) is 0.212. The monoisotopic (exact) mass is 539 g/mol. The Kier molecular flexibility index (Phi) is 6.81. The largest absolute Gasteiger partial charge is 0.256 e. The molecule has 0 atom stereocenters. The summed E-state index contributed by atoms with van der Waals surface area (Å²) >= 11 is 0. The van der Waals surface area contributed by atoms with Crippen molar-refractivity contribution in [2.24, 2.45) is 0 Å². The van der Waals surface area contributed by atoms with E-state index in [-0.39, 0.29) is 0 Å². The zero-order valence-corrected chi connectivity index (χ0v) is 22.7. The van der Waals surface area contributed by atoms with Gasteiger partial charge in [0.25, 0.3) is 0 Å². The molecule has 7 rings (SSSR count). The van der Waals surface area contributed by atoms with Gasteiger partial charge in [-0.3, -0.25) is 9.97 Å². The van der Waals surface area contributed by atoms with Gasteiger partial charge in [0.15, 0.2) is 17.5 Å². The highest BCUT2D eigenvalue weighted by Crippen LogP contribution is 2.29. The SMILES string of the molecule is c1ccc(-c2nc(-c3ccccc3)nc(-c3ccc(-c4ccc(-c5ccc(-c6ccccn6)cn5)cc4)cc3)n2)cc1. The summed E-state index contributed by atoms with van der Waals surface area (Å²) in [6, 6.07) is 46.8. The maximum absolute atomic E-state index is 4.84. The first-order valence-electron chi connectivity index (χ1n) is 13.8. The first-order chi connectivity index (χ1) is 20.8. The summed E-state index contributed by atoms with van der Waals surface area (Å²) < 4.78 is 0. The normalized spacial score (nSPS) is 10.9. The molecule has 3 heterocycles. The van der Waals surface area contributed by atoms with Crippen molar-refractivity contribution in [3.63, 3.8) is 0 Å². The topological polar surface area (TPSA) is 64.5 Å². The average Bonchev–Trinajstić information content (AvgIpc) is 3.09. The van der Waals surface area contributed by atoms with Crippen molar-refractivity contribution >= 4 is 0 Å². The van der Waals surface area contributed by atoms with Crippen LogP contribution in [0, 0.1) is 0 Å². The third-order valence-electron chi connectivity index (χ3n) is 7.08. The van der Waals surface area contributed by atoms with Gasteiger partial charge in [-0.2, -0.15) is 0 Å². The van der Waals surface area contributed by atoms with Crippen LogP contribution in [0.2, 0.25) is 0 Å². The number of pyridine rings is 2. The van der Waals surface area contributed by atoms with Gasteiger partial charge in [-0.15, -0.1) is 0 Å². The van der Waals surface area contributed by atoms with E-state index in [4.69, 9.17) is 15.0 Å². The molecule has 0 fully saturated rings. The van der Waals surface area contributed by atoms with E-state index in [1.165, 1.54) is 0 Å². The Morgan fingerprint density at radius 3 is 1.19 bits per heavy atom. The van der Waals surface area contributed by atoms with Crippen LogP contribution in [0.4, 0.5) is 0 Å². The highest BCUT2D eigenvalue weighted by Gasteiger charge is 2.12. The second-order valence-corrected chi connectivity index (χ2v) is 9.84. The predicted molar refractivity (Wildman–Crippen MR) is 168 cm³/mol. The Balaban J connectivity index is 1.15. The van der Waals surface area contributed by atoms with Crippen molar-refractivity contribution < 1.29 is 0 Å². The fraction of sp³-hybridized carbons (Fsp3) is 0. The summed E-state index contributed by atoms with van der Waals surface area (Å²) in [5, 5.41) is 0. The van der Waals surface area contributed by atoms with Crippen molar-refractivity contribution in [1.82, 2.24) is 24.9 Å². The van der Waals surface area contributed by atoms with E-state index in [1.54, 1.807) is 6.20 Å². The Hall–Kier alpha value is -5.81. The molecule has 0 saturated heterocycles. The molecule has 0 bridgehead atoms. The number of rotatable bonds is 6. The number of hydrogen-bond donors (Lipinski definition) is 0. The molecule has 0 aliphatic carbocycles. The maximum Gasteiger partial charge on any atom is 0.164 e. The molecule has 5 nitrogen and oxygen atoms in total. The van der Waals surface area contributed by atoms with Crippen molar-refractivity contribution in [3.8, 4) is 67.8 Å². The van der Waals surface area contributed by atoms with E-state index < -0.39 is 0 Å². The minimum Gasteiger partial charge on any atom is -0.256 e. The van der Waals surface area contributed by atoms with Gasteiger partial charge >= 0.3 is 0 Å². The predicted octanol–water partition coefficient (Wildman–Crippen LogP) is 8.66. The summed E-state index contributed by atoms with van der Waals surface area (Å²) in [5.41, 5.74) is 8.99. The lowest BCUT2D eigenvalue weighted by Crippen LogP contribution is -2.00. The van der Waals surface area contributed by atoms with E-state index in [1.807, 2.05) is 91.1 Å². The third-order valence-corrected chi connectivity index (χ3v) is 7.08. The molecule has 0 spiro atoms. The molecule has 198 valence electrons. The fourth-order valence-corrected chi connectivity index (χ4v) is 4.83. The van der Waals surface area contributed by atoms with Crippen LogP contribution in [-0.4, -0.2) is 24.9 Å². The molecule has 0 aliphatic rings. The Morgan fingerprint density at radius 1 is 0.286 bits per heavy atom. The molecular formula is C37H25N5. The van der Waals surface area contributed by atoms with Gasteiger partial charge in [-0.1, -0.05) is 115 Å². The van der Waals surface area contributed by atoms with Gasteiger partial charge in [0.2, 0.25) is 0 Å². The van der Waals surface area contributed by atoms with Crippen LogP contribution in [0.15, 0.2) is 152 Å². The van der Waals surface area contributed by atoms with Crippen molar-refractivity contribution in [3.05, 3.63) is 152 Å². The van der Waals surface area contributed by atoms with Gasteiger partial charge in [0.05, 0.1) is 11.4 Å². The molecule has 42 heavy (non-hydrogen) atoms. The van der Waals surface area contributed by atoms with Crippen molar-refractivity contribution in [2.45, 2.75) is 0 Å². The van der Waals surface area contributed by atoms with Gasteiger partial charge in [0, 0.05) is 40.2 Å². The fourth-order valence-electron chi connectivity index (χ4n) is 4.83. The number of aromatic nitrogens is 5. The summed E-state index contributed by atoms with van der Waals surface area (Å²) in [5.74, 6) is 1.95. The Morgan fingerprint density at radius 2 is 0.714 bits per heavy atom. The van der Waals surface area contributed by atoms with E-state index >= 15 is 0 Å². The number of nitrogens with zero attached hydrogens (tertiary/aromatic N) is 5. The molecule has 7 aromatic rings. The minimum atomic E-state index is 0.643. The molecule has 0 amide bonds. The summed E-state index contributed by atoms with van der Waals surface area (Å²) in [7, 11) is 0. The summed E-state index contributed by atoms with van der Waals surface area (Å²) in [6.45, 7) is 0. The molecule has 5 heteroatoms. The maximum atomic E-state index is 4.84. The van der Waals surface area contributed by atoms with Crippen LogP contribution in [0.3, 0.4) is 0 Å². The Bertz CT molecular complexity index is 1860. The van der Waals surface area contributed by atoms with E-state index in [2.05, 4.69) is 64.6 Å². The molecule has 3 aromatic heterocycles. The van der Waals surface area contributed by atoms with E-state index in [9.17, 15) is 0 Å². The standard InChI is InChI=1S/C37H25N5/c1-3-9-29(10-4-1)35-40-36(30-11-5-2-6-12-30)42-37(41-35)31-20-16-27(17-21-31)26-14-18-28(19-15-26)34-23-22-32(25-39-34)33-13-7-8-24-38-33/h1-25H. The highest BCUT2D eigenvalue weighted by atomic mass is 15.0. The molecule has 0 unspecified atom stereocenters. The highest BCUT2D eigenvalue weighted by molar-refractivity contribution is 5.73. The van der Waals surface area contributed by atoms with Crippen LogP contribution in [-0.2, 0) is 0 Å². The van der Waals surface area contributed by atoms with Gasteiger partial charge < -0.3 is 0 Å².